The summed E-state index contributed by atoms with van der Waals surface area (Å²) in [4.78, 5) is 17.4. The maximum Gasteiger partial charge on any atom is 0.259 e. The number of hydrogen-bond acceptors (Lipinski definition) is 7. The van der Waals surface area contributed by atoms with Crippen LogP contribution in [0.4, 0.5) is 4.39 Å². The van der Waals surface area contributed by atoms with Crippen molar-refractivity contribution in [2.24, 2.45) is 0 Å². The number of hydrogen-bond donors (Lipinski definition) is 1. The van der Waals surface area contributed by atoms with Crippen LogP contribution in [0.15, 0.2) is 65.2 Å². The molecular weight excluding hydrogens is 441 g/mol. The first kappa shape index (κ1) is 22.8. The number of rotatable bonds is 8. The molecule has 0 saturated carbocycles. The van der Waals surface area contributed by atoms with Crippen molar-refractivity contribution in [3.05, 3.63) is 77.6 Å². The van der Waals surface area contributed by atoms with E-state index in [1.807, 2.05) is 0 Å². The van der Waals surface area contributed by atoms with Gasteiger partial charge in [0.2, 0.25) is 11.6 Å². The van der Waals surface area contributed by atoms with Gasteiger partial charge in [-0.3, -0.25) is 4.79 Å². The van der Waals surface area contributed by atoms with Crippen molar-refractivity contribution in [2.75, 3.05) is 21.3 Å². The molecule has 1 N–H and O–H groups in total. The van der Waals surface area contributed by atoms with E-state index in [1.54, 1.807) is 48.5 Å². The molecule has 0 atom stereocenters. The Bertz CT molecular complexity index is 1280. The van der Waals surface area contributed by atoms with E-state index in [0.717, 1.165) is 5.56 Å². The predicted molar refractivity (Wildman–Crippen MR) is 122 cm³/mol. The van der Waals surface area contributed by atoms with Crippen molar-refractivity contribution in [1.82, 2.24) is 15.5 Å². The summed E-state index contributed by atoms with van der Waals surface area (Å²) in [7, 11) is 4.58. The van der Waals surface area contributed by atoms with Gasteiger partial charge in [-0.05, 0) is 54.1 Å². The van der Waals surface area contributed by atoms with E-state index in [9.17, 15) is 9.18 Å². The quantitative estimate of drug-likeness (QED) is 0.411. The minimum Gasteiger partial charge on any atom is -0.493 e. The smallest absolute Gasteiger partial charge is 0.259 e. The average molecular weight is 463 g/mol. The Labute approximate surface area is 195 Å². The van der Waals surface area contributed by atoms with E-state index in [1.165, 1.54) is 33.5 Å². The Morgan fingerprint density at radius 3 is 2.29 bits per heavy atom. The zero-order valence-corrected chi connectivity index (χ0v) is 18.8. The summed E-state index contributed by atoms with van der Waals surface area (Å²) < 4.78 is 34.7. The van der Waals surface area contributed by atoms with Gasteiger partial charge in [0.1, 0.15) is 5.82 Å². The Hall–Kier alpha value is -4.40. The topological polar surface area (TPSA) is 95.7 Å². The van der Waals surface area contributed by atoms with E-state index < -0.39 is 0 Å². The molecule has 0 aliphatic carbocycles. The minimum absolute atomic E-state index is 0.179. The van der Waals surface area contributed by atoms with Gasteiger partial charge in [-0.1, -0.05) is 17.3 Å². The first-order valence-electron chi connectivity index (χ1n) is 10.3. The second kappa shape index (κ2) is 10.0. The van der Waals surface area contributed by atoms with Gasteiger partial charge in [0.05, 0.1) is 32.5 Å². The molecule has 4 rings (SSSR count). The molecule has 4 aromatic rings. The Morgan fingerprint density at radius 2 is 1.65 bits per heavy atom. The molecule has 0 aliphatic heterocycles. The summed E-state index contributed by atoms with van der Waals surface area (Å²) in [6.45, 7) is 0.217. The van der Waals surface area contributed by atoms with E-state index in [0.29, 0.717) is 39.8 Å². The highest BCUT2D eigenvalue weighted by Crippen LogP contribution is 2.38. The third-order valence-electron chi connectivity index (χ3n) is 5.11. The minimum atomic E-state index is -0.360. The zero-order valence-electron chi connectivity index (χ0n) is 18.8. The summed E-state index contributed by atoms with van der Waals surface area (Å²) in [5.41, 5.74) is 2.20. The molecule has 0 bridgehead atoms. The van der Waals surface area contributed by atoms with Gasteiger partial charge in [0.25, 0.3) is 11.8 Å². The molecule has 0 fully saturated rings. The number of methoxy groups -OCH3 is 3. The number of ether oxygens (including phenoxy) is 3. The highest BCUT2D eigenvalue weighted by atomic mass is 19.1. The van der Waals surface area contributed by atoms with Gasteiger partial charge in [0, 0.05) is 12.1 Å². The van der Waals surface area contributed by atoms with E-state index in [4.69, 9.17) is 18.7 Å². The number of benzene rings is 3. The van der Waals surface area contributed by atoms with Crippen LogP contribution in [0.3, 0.4) is 0 Å². The molecule has 0 unspecified atom stereocenters. The monoisotopic (exact) mass is 463 g/mol. The number of nitrogens with one attached hydrogen (secondary N) is 1. The number of aromatic nitrogens is 2. The van der Waals surface area contributed by atoms with Crippen LogP contribution in [0.2, 0.25) is 0 Å². The molecule has 1 aromatic heterocycles. The lowest BCUT2D eigenvalue weighted by atomic mass is 10.1. The number of carbonyl (C=O) groups excluding carboxylic acids is 1. The van der Waals surface area contributed by atoms with Crippen LogP contribution in [-0.4, -0.2) is 37.4 Å². The fourth-order valence-electron chi connectivity index (χ4n) is 3.43. The summed E-state index contributed by atoms with van der Waals surface area (Å²) in [6, 6.07) is 16.2. The van der Waals surface area contributed by atoms with Gasteiger partial charge in [0.15, 0.2) is 11.5 Å². The maximum absolute atomic E-state index is 13.2. The summed E-state index contributed by atoms with van der Waals surface area (Å²) in [6.07, 6.45) is 0. The lowest BCUT2D eigenvalue weighted by Gasteiger charge is -2.14. The van der Waals surface area contributed by atoms with Crippen molar-refractivity contribution in [3.8, 4) is 40.1 Å². The molecule has 1 heterocycles. The van der Waals surface area contributed by atoms with Gasteiger partial charge >= 0.3 is 0 Å². The number of nitrogens with zero attached hydrogens (tertiary/aromatic N) is 2. The third-order valence-corrected chi connectivity index (χ3v) is 5.11. The molecule has 1 amide bonds. The molecule has 174 valence electrons. The van der Waals surface area contributed by atoms with E-state index in [-0.39, 0.29) is 24.2 Å². The number of amides is 1. The van der Waals surface area contributed by atoms with E-state index >= 15 is 0 Å². The molecule has 34 heavy (non-hydrogen) atoms. The molecule has 0 radical (unpaired) electrons. The highest BCUT2D eigenvalue weighted by Gasteiger charge is 2.19. The molecule has 0 saturated heterocycles. The fraction of sp³-hybridized carbons (Fsp3) is 0.160. The van der Waals surface area contributed by atoms with Gasteiger partial charge in [-0.25, -0.2) is 4.39 Å². The molecule has 0 aliphatic rings. The van der Waals surface area contributed by atoms with E-state index in [2.05, 4.69) is 15.5 Å². The van der Waals surface area contributed by atoms with Crippen LogP contribution < -0.4 is 19.5 Å². The van der Waals surface area contributed by atoms with Gasteiger partial charge in [-0.15, -0.1) is 0 Å². The second-order valence-corrected chi connectivity index (χ2v) is 7.19. The molecule has 3 aromatic carbocycles. The van der Waals surface area contributed by atoms with Crippen molar-refractivity contribution in [1.29, 1.82) is 0 Å². The summed E-state index contributed by atoms with van der Waals surface area (Å²) >= 11 is 0. The van der Waals surface area contributed by atoms with Crippen LogP contribution >= 0.6 is 0 Å². The van der Waals surface area contributed by atoms with Crippen molar-refractivity contribution < 1.29 is 27.9 Å². The maximum atomic E-state index is 13.2. The predicted octanol–water partition coefficient (Wildman–Crippen LogP) is 4.50. The molecule has 9 heteroatoms. The van der Waals surface area contributed by atoms with Crippen LogP contribution in [0, 0.1) is 5.82 Å². The summed E-state index contributed by atoms with van der Waals surface area (Å²) in [5, 5.41) is 6.85. The standard InChI is InChI=1S/C25H22FN3O5/c1-31-20-12-15(13-21(32-2)22(20)33-3)14-27-24(30)18-6-4-5-7-19(18)25-28-23(29-34-25)16-8-10-17(26)11-9-16/h4-13H,14H2,1-3H3,(H,27,30). The SMILES string of the molecule is COc1cc(CNC(=O)c2ccccc2-c2nc(-c3ccc(F)cc3)no2)cc(OC)c1OC. The Kier molecular flexibility index (Phi) is 6.72. The summed E-state index contributed by atoms with van der Waals surface area (Å²) in [5.74, 6) is 1.24. The lowest BCUT2D eigenvalue weighted by molar-refractivity contribution is 0.0951. The Morgan fingerprint density at radius 1 is 0.971 bits per heavy atom. The fourth-order valence-corrected chi connectivity index (χ4v) is 3.43. The normalized spacial score (nSPS) is 10.6. The molecule has 8 nitrogen and oxygen atoms in total. The van der Waals surface area contributed by atoms with Crippen LogP contribution in [0.25, 0.3) is 22.8 Å². The van der Waals surface area contributed by atoms with Crippen LogP contribution in [-0.2, 0) is 6.54 Å². The van der Waals surface area contributed by atoms with Crippen molar-refractivity contribution in [3.63, 3.8) is 0 Å². The van der Waals surface area contributed by atoms with Crippen molar-refractivity contribution >= 4 is 5.91 Å². The second-order valence-electron chi connectivity index (χ2n) is 7.19. The number of halogens is 1. The van der Waals surface area contributed by atoms with Crippen LogP contribution in [0.1, 0.15) is 15.9 Å². The molecular formula is C25H22FN3O5. The molecule has 0 spiro atoms. The third kappa shape index (κ3) is 4.68. The van der Waals surface area contributed by atoms with Gasteiger partial charge in [-0.2, -0.15) is 4.98 Å². The number of carbonyl (C=O) groups is 1. The van der Waals surface area contributed by atoms with Crippen molar-refractivity contribution in [2.45, 2.75) is 6.54 Å². The lowest BCUT2D eigenvalue weighted by Crippen LogP contribution is -2.23. The van der Waals surface area contributed by atoms with Gasteiger partial charge < -0.3 is 24.1 Å². The highest BCUT2D eigenvalue weighted by molar-refractivity contribution is 6.00. The first-order valence-corrected chi connectivity index (χ1v) is 10.3. The first-order chi connectivity index (χ1) is 16.5. The largest absolute Gasteiger partial charge is 0.493 e. The van der Waals surface area contributed by atoms with Crippen LogP contribution in [0.5, 0.6) is 17.2 Å². The Balaban J connectivity index is 1.56. The average Bonchev–Trinajstić information content (AvgIpc) is 3.37. The zero-order chi connectivity index (χ0) is 24.1.